The molecule has 7 nitrogen and oxygen atoms in total. The highest BCUT2D eigenvalue weighted by molar-refractivity contribution is 7.91. The summed E-state index contributed by atoms with van der Waals surface area (Å²) in [6.07, 6.45) is 5.92. The van der Waals surface area contributed by atoms with E-state index in [9.17, 15) is 22.0 Å². The maximum Gasteiger partial charge on any atom is 0.330 e. The molecule has 4 rings (SSSR count). The number of aromatic nitrogens is 1. The van der Waals surface area contributed by atoms with E-state index in [-0.39, 0.29) is 20.6 Å². The Labute approximate surface area is 187 Å². The van der Waals surface area contributed by atoms with Gasteiger partial charge in [0.2, 0.25) is 0 Å². The van der Waals surface area contributed by atoms with Crippen molar-refractivity contribution in [2.45, 2.75) is 10.6 Å². The van der Waals surface area contributed by atoms with Crippen molar-refractivity contribution in [2.75, 3.05) is 22.9 Å². The van der Waals surface area contributed by atoms with E-state index in [0.29, 0.717) is 30.8 Å². The smallest absolute Gasteiger partial charge is 0.294 e. The summed E-state index contributed by atoms with van der Waals surface area (Å²) in [6, 6.07) is 9.23. The summed E-state index contributed by atoms with van der Waals surface area (Å²) < 4.78 is 50.8. The first-order valence-electron chi connectivity index (χ1n) is 9.34. The highest BCUT2D eigenvalue weighted by atomic mass is 32.2. The van der Waals surface area contributed by atoms with Gasteiger partial charge < -0.3 is 0 Å². The number of rotatable bonds is 4. The zero-order valence-corrected chi connectivity index (χ0v) is 18.1. The fourth-order valence-electron chi connectivity index (χ4n) is 3.38. The molecule has 1 aromatic heterocycles. The quantitative estimate of drug-likeness (QED) is 0.585. The number of hydrogen-bond acceptors (Lipinski definition) is 5. The van der Waals surface area contributed by atoms with Crippen LogP contribution in [0.1, 0.15) is 12.1 Å². The van der Waals surface area contributed by atoms with Crippen LogP contribution in [0.4, 0.5) is 24.4 Å². The molecule has 0 atom stereocenters. The van der Waals surface area contributed by atoms with Gasteiger partial charge in [-0.25, -0.2) is 32.1 Å². The predicted octanol–water partition coefficient (Wildman–Crippen LogP) is 3.55. The van der Waals surface area contributed by atoms with Gasteiger partial charge in [-0.15, -0.1) is 6.42 Å². The highest BCUT2D eigenvalue weighted by Crippen LogP contribution is 2.33. The molecule has 164 valence electrons. The van der Waals surface area contributed by atoms with Gasteiger partial charge in [0.05, 0.1) is 0 Å². The summed E-state index contributed by atoms with van der Waals surface area (Å²) >= 11 is 0.736. The molecule has 1 aliphatic rings. The van der Waals surface area contributed by atoms with Crippen LogP contribution in [-0.2, 0) is 10.0 Å². The number of sulfonamides is 1. The second-order valence-corrected chi connectivity index (χ2v) is 9.67. The topological polar surface area (TPSA) is 96.6 Å². The summed E-state index contributed by atoms with van der Waals surface area (Å²) in [5.41, 5.74) is 0.978. The number of carbonyl (C=O) groups is 1. The molecule has 0 aliphatic carbocycles. The van der Waals surface area contributed by atoms with E-state index in [2.05, 4.69) is 10.9 Å². The van der Waals surface area contributed by atoms with Crippen LogP contribution in [0.2, 0.25) is 0 Å². The lowest BCUT2D eigenvalue weighted by atomic mass is 10.0. The Bertz CT molecular complexity index is 1350. The van der Waals surface area contributed by atoms with Crippen molar-refractivity contribution in [3.8, 4) is 23.5 Å². The van der Waals surface area contributed by atoms with Crippen LogP contribution < -0.4 is 14.9 Å². The van der Waals surface area contributed by atoms with Crippen LogP contribution in [0, 0.1) is 24.0 Å². The number of amides is 2. The third-order valence-electron chi connectivity index (χ3n) is 4.85. The lowest BCUT2D eigenvalue weighted by Gasteiger charge is -2.34. The zero-order valence-electron chi connectivity index (χ0n) is 16.5. The molecule has 1 saturated heterocycles. The molecule has 3 aromatic rings. The van der Waals surface area contributed by atoms with Gasteiger partial charge >= 0.3 is 6.03 Å². The number of thiazole rings is 1. The molecule has 2 aromatic carbocycles. The van der Waals surface area contributed by atoms with Crippen LogP contribution in [0.25, 0.3) is 11.1 Å². The van der Waals surface area contributed by atoms with Gasteiger partial charge in [-0.3, -0.25) is 9.80 Å². The molecule has 1 fully saturated rings. The second kappa shape index (κ2) is 8.31. The Morgan fingerprint density at radius 3 is 2.41 bits per heavy atom. The first kappa shape index (κ1) is 21.9. The third-order valence-corrected chi connectivity index (χ3v) is 7.38. The van der Waals surface area contributed by atoms with Gasteiger partial charge in [-0.05, 0) is 48.2 Å². The van der Waals surface area contributed by atoms with Crippen molar-refractivity contribution in [3.05, 3.63) is 59.8 Å². The van der Waals surface area contributed by atoms with Gasteiger partial charge in [0.15, 0.2) is 9.34 Å². The van der Waals surface area contributed by atoms with E-state index in [4.69, 9.17) is 11.6 Å². The Morgan fingerprint density at radius 2 is 1.78 bits per heavy atom. The van der Waals surface area contributed by atoms with E-state index >= 15 is 0 Å². The molecule has 11 heteroatoms. The van der Waals surface area contributed by atoms with E-state index in [1.807, 2.05) is 0 Å². The minimum Gasteiger partial charge on any atom is -0.294 e. The largest absolute Gasteiger partial charge is 0.330 e. The van der Waals surface area contributed by atoms with E-state index in [1.165, 1.54) is 9.80 Å². The fraction of sp³-hybridized carbons (Fsp3) is 0.143. The van der Waals surface area contributed by atoms with E-state index in [1.54, 1.807) is 24.3 Å². The number of primary sulfonamides is 1. The summed E-state index contributed by atoms with van der Waals surface area (Å²) in [7, 11) is -4.08. The monoisotopic (exact) mass is 474 g/mol. The molecule has 0 spiro atoms. The van der Waals surface area contributed by atoms with Crippen LogP contribution in [0.15, 0.2) is 46.7 Å². The molecule has 0 unspecified atom stereocenters. The average molecular weight is 475 g/mol. The van der Waals surface area contributed by atoms with Gasteiger partial charge in [-0.2, -0.15) is 0 Å². The molecule has 0 saturated carbocycles. The number of hydrogen-bond donors (Lipinski definition) is 1. The fourth-order valence-corrected chi connectivity index (χ4v) is 5.22. The van der Waals surface area contributed by atoms with Crippen molar-refractivity contribution in [3.63, 3.8) is 0 Å². The average Bonchev–Trinajstić information content (AvgIpc) is 3.21. The summed E-state index contributed by atoms with van der Waals surface area (Å²) in [4.78, 5) is 20.0. The molecule has 2 heterocycles. The Hall–Kier alpha value is -3.33. The molecule has 2 N–H and O–H groups in total. The minimum absolute atomic E-state index is 0.114. The summed E-state index contributed by atoms with van der Waals surface area (Å²) in [6.45, 7) is 0.738. The number of nitrogens with two attached hydrogens (primary N) is 1. The molecule has 0 bridgehead atoms. The number of carbonyl (C=O) groups excluding carboxylic acids is 1. The number of anilines is 2. The van der Waals surface area contributed by atoms with Gasteiger partial charge in [-0.1, -0.05) is 23.5 Å². The molecular weight excluding hydrogens is 458 g/mol. The van der Waals surface area contributed by atoms with Crippen LogP contribution in [0.3, 0.4) is 0 Å². The Morgan fingerprint density at radius 1 is 1.09 bits per heavy atom. The maximum absolute atomic E-state index is 14.0. The molecule has 2 amide bonds. The number of halogens is 2. The summed E-state index contributed by atoms with van der Waals surface area (Å²) in [5, 5.41) is 5.33. The van der Waals surface area contributed by atoms with Crippen molar-refractivity contribution in [1.82, 2.24) is 4.98 Å². The number of benzene rings is 2. The predicted molar refractivity (Wildman–Crippen MR) is 118 cm³/mol. The summed E-state index contributed by atoms with van der Waals surface area (Å²) in [5.74, 6) is 1.07. The molecule has 1 aliphatic heterocycles. The minimum atomic E-state index is -4.08. The van der Waals surface area contributed by atoms with Crippen molar-refractivity contribution >= 4 is 38.2 Å². The third kappa shape index (κ3) is 4.08. The Kier molecular flexibility index (Phi) is 5.68. The number of urea groups is 1. The number of nitrogens with zero attached hydrogens (tertiary/aromatic N) is 3. The molecule has 32 heavy (non-hydrogen) atoms. The van der Waals surface area contributed by atoms with Crippen molar-refractivity contribution in [1.29, 1.82) is 0 Å². The van der Waals surface area contributed by atoms with E-state index < -0.39 is 27.7 Å². The normalized spacial score (nSPS) is 14.5. The van der Waals surface area contributed by atoms with E-state index in [0.717, 1.165) is 29.5 Å². The molecular formula is C21H16F2N4O3S2. The molecule has 0 radical (unpaired) electrons. The maximum atomic E-state index is 14.0. The first-order valence-corrected chi connectivity index (χ1v) is 11.7. The second-order valence-electron chi connectivity index (χ2n) is 6.93. The van der Waals surface area contributed by atoms with Gasteiger partial charge in [0.1, 0.15) is 17.3 Å². The van der Waals surface area contributed by atoms with Gasteiger partial charge in [0.25, 0.3) is 10.0 Å². The Balaban J connectivity index is 1.62. The van der Waals surface area contributed by atoms with Crippen molar-refractivity contribution < 1.29 is 22.0 Å². The number of terminal acetylenes is 1. The lowest BCUT2D eigenvalue weighted by Crippen LogP contribution is -2.49. The zero-order chi connectivity index (χ0) is 23.0. The SMILES string of the molecule is C#Cc1nc(N2CCCN(c3ccc(-c4cc(F)ccc4F)cc3)C2=O)sc1S(N)(=O)=O. The van der Waals surface area contributed by atoms with Gasteiger partial charge in [0, 0.05) is 24.3 Å². The van der Waals surface area contributed by atoms with Crippen LogP contribution in [-0.4, -0.2) is 32.5 Å². The van der Waals surface area contributed by atoms with Crippen LogP contribution in [0.5, 0.6) is 0 Å². The lowest BCUT2D eigenvalue weighted by molar-refractivity contribution is 0.248. The van der Waals surface area contributed by atoms with Crippen LogP contribution >= 0.6 is 11.3 Å². The first-order chi connectivity index (χ1) is 15.2. The highest BCUT2D eigenvalue weighted by Gasteiger charge is 2.32. The standard InChI is InChI=1S/C21H16F2N4O3S2/c1-2-18-19(32(24,29)30)31-20(25-18)27-11-3-10-26(21(27)28)15-7-4-13(5-8-15)16-12-14(22)6-9-17(16)23/h1,4-9,12H,3,10-11H2,(H2,24,29,30). The van der Waals surface area contributed by atoms with Crippen molar-refractivity contribution in [2.24, 2.45) is 5.14 Å².